The van der Waals surface area contributed by atoms with E-state index in [1.54, 1.807) is 18.0 Å². The van der Waals surface area contributed by atoms with Crippen molar-refractivity contribution in [3.8, 4) is 11.4 Å². The smallest absolute Gasteiger partial charge is 0.306 e. The molecule has 26 heavy (non-hydrogen) atoms. The van der Waals surface area contributed by atoms with Gasteiger partial charge in [-0.15, -0.1) is 5.10 Å². The van der Waals surface area contributed by atoms with Crippen molar-refractivity contribution in [1.82, 2.24) is 25.0 Å². The summed E-state index contributed by atoms with van der Waals surface area (Å²) in [6.07, 6.45) is 4.66. The van der Waals surface area contributed by atoms with Gasteiger partial charge in [-0.25, -0.2) is 9.97 Å². The van der Waals surface area contributed by atoms with Gasteiger partial charge in [0.25, 0.3) is 0 Å². The van der Waals surface area contributed by atoms with E-state index in [-0.39, 0.29) is 5.92 Å². The van der Waals surface area contributed by atoms with E-state index < -0.39 is 5.97 Å². The van der Waals surface area contributed by atoms with Gasteiger partial charge in [0.2, 0.25) is 0 Å². The molecule has 8 nitrogen and oxygen atoms in total. The molecule has 0 amide bonds. The van der Waals surface area contributed by atoms with Crippen molar-refractivity contribution in [2.24, 2.45) is 11.8 Å². The summed E-state index contributed by atoms with van der Waals surface area (Å²) < 4.78 is 6.86. The molecular weight excluding hydrogens is 334 g/mol. The third kappa shape index (κ3) is 3.10. The first kappa shape index (κ1) is 16.4. The lowest BCUT2D eigenvalue weighted by molar-refractivity contribution is -0.141. The van der Waals surface area contributed by atoms with Crippen molar-refractivity contribution in [2.45, 2.75) is 25.7 Å². The van der Waals surface area contributed by atoms with Crippen molar-refractivity contribution >= 4 is 17.1 Å². The molecule has 1 N–H and O–H groups in total. The quantitative estimate of drug-likeness (QED) is 0.750. The molecule has 2 aromatic heterocycles. The minimum Gasteiger partial charge on any atom is -0.497 e. The Labute approximate surface area is 149 Å². The van der Waals surface area contributed by atoms with Gasteiger partial charge >= 0.3 is 5.97 Å². The minimum absolute atomic E-state index is 0.241. The Morgan fingerprint density at radius 2 is 2.12 bits per heavy atom. The molecule has 1 aliphatic carbocycles. The third-order valence-electron chi connectivity index (χ3n) is 4.92. The van der Waals surface area contributed by atoms with Crippen LogP contribution in [-0.2, 0) is 11.2 Å². The van der Waals surface area contributed by atoms with Gasteiger partial charge < -0.3 is 9.84 Å². The van der Waals surface area contributed by atoms with Crippen molar-refractivity contribution in [2.75, 3.05) is 7.11 Å². The first-order valence-electron chi connectivity index (χ1n) is 8.58. The molecule has 8 heteroatoms. The molecule has 1 aromatic carbocycles. The van der Waals surface area contributed by atoms with Crippen LogP contribution in [0.3, 0.4) is 0 Å². The summed E-state index contributed by atoms with van der Waals surface area (Å²) >= 11 is 0. The van der Waals surface area contributed by atoms with Gasteiger partial charge in [-0.3, -0.25) is 4.79 Å². The van der Waals surface area contributed by atoms with Crippen LogP contribution in [0.1, 0.15) is 25.1 Å². The Morgan fingerprint density at radius 3 is 2.81 bits per heavy atom. The van der Waals surface area contributed by atoms with E-state index >= 15 is 0 Å². The number of fused-ring (bicyclic) bond motifs is 1. The van der Waals surface area contributed by atoms with Crippen LogP contribution in [0.5, 0.6) is 5.75 Å². The maximum atomic E-state index is 11.1. The summed E-state index contributed by atoms with van der Waals surface area (Å²) in [6, 6.07) is 7.50. The highest BCUT2D eigenvalue weighted by molar-refractivity contribution is 5.71. The van der Waals surface area contributed by atoms with Crippen LogP contribution >= 0.6 is 0 Å². The normalized spacial score (nSPS) is 19.7. The van der Waals surface area contributed by atoms with Crippen LogP contribution in [0.2, 0.25) is 0 Å². The van der Waals surface area contributed by atoms with E-state index in [2.05, 4.69) is 20.3 Å². The number of ether oxygens (including phenoxy) is 1. The molecule has 1 saturated carbocycles. The summed E-state index contributed by atoms with van der Waals surface area (Å²) in [5, 5.41) is 17.5. The van der Waals surface area contributed by atoms with E-state index in [9.17, 15) is 4.79 Å². The van der Waals surface area contributed by atoms with E-state index in [4.69, 9.17) is 9.84 Å². The molecule has 1 fully saturated rings. The highest BCUT2D eigenvalue weighted by Crippen LogP contribution is 2.33. The zero-order chi connectivity index (χ0) is 18.1. The molecule has 134 valence electrons. The SMILES string of the molecule is COc1ccc(-n2nnc3cnc(C[C@@H]4CC[C@H](C(=O)O)C4)nc32)cc1. The molecule has 2 atom stereocenters. The second kappa shape index (κ2) is 6.70. The maximum Gasteiger partial charge on any atom is 0.306 e. The van der Waals surface area contributed by atoms with Gasteiger partial charge in [-0.1, -0.05) is 5.21 Å². The zero-order valence-electron chi connectivity index (χ0n) is 14.4. The monoisotopic (exact) mass is 353 g/mol. The fourth-order valence-electron chi connectivity index (χ4n) is 3.50. The number of benzene rings is 1. The van der Waals surface area contributed by atoms with Crippen molar-refractivity contribution in [3.63, 3.8) is 0 Å². The molecule has 1 aliphatic rings. The predicted molar refractivity (Wildman–Crippen MR) is 93.2 cm³/mol. The molecule has 0 bridgehead atoms. The summed E-state index contributed by atoms with van der Waals surface area (Å²) in [5.41, 5.74) is 2.11. The average molecular weight is 353 g/mol. The van der Waals surface area contributed by atoms with Gasteiger partial charge in [0.15, 0.2) is 11.2 Å². The van der Waals surface area contributed by atoms with Gasteiger partial charge in [-0.05, 0) is 49.4 Å². The Hall–Kier alpha value is -3.03. The third-order valence-corrected chi connectivity index (χ3v) is 4.92. The highest BCUT2D eigenvalue weighted by Gasteiger charge is 2.30. The maximum absolute atomic E-state index is 11.1. The van der Waals surface area contributed by atoms with E-state index in [0.29, 0.717) is 35.7 Å². The Kier molecular flexibility index (Phi) is 4.24. The molecule has 4 rings (SSSR count). The van der Waals surface area contributed by atoms with Crippen LogP contribution in [-0.4, -0.2) is 43.1 Å². The van der Waals surface area contributed by atoms with Crippen LogP contribution in [0.25, 0.3) is 16.9 Å². The van der Waals surface area contributed by atoms with Gasteiger partial charge in [-0.2, -0.15) is 4.68 Å². The number of rotatable bonds is 5. The topological polar surface area (TPSA) is 103 Å². The first-order valence-corrected chi connectivity index (χ1v) is 8.58. The van der Waals surface area contributed by atoms with Crippen LogP contribution in [0.4, 0.5) is 0 Å². The molecule has 0 saturated heterocycles. The number of hydrogen-bond acceptors (Lipinski definition) is 6. The number of aliphatic carboxylic acids is 1. The fourth-order valence-corrected chi connectivity index (χ4v) is 3.50. The molecule has 2 heterocycles. The lowest BCUT2D eigenvalue weighted by Gasteiger charge is -2.08. The highest BCUT2D eigenvalue weighted by atomic mass is 16.5. The summed E-state index contributed by atoms with van der Waals surface area (Å²) in [7, 11) is 1.62. The largest absolute Gasteiger partial charge is 0.497 e. The number of nitrogens with zero attached hydrogens (tertiary/aromatic N) is 5. The molecule has 0 radical (unpaired) electrons. The Morgan fingerprint density at radius 1 is 1.31 bits per heavy atom. The predicted octanol–water partition coefficient (Wildman–Crippen LogP) is 2.26. The van der Waals surface area contributed by atoms with E-state index in [1.807, 2.05) is 24.3 Å². The number of hydrogen-bond donors (Lipinski definition) is 1. The van der Waals surface area contributed by atoms with Crippen molar-refractivity contribution in [1.29, 1.82) is 0 Å². The Balaban J connectivity index is 1.59. The second-order valence-electron chi connectivity index (χ2n) is 6.61. The number of methoxy groups -OCH3 is 1. The number of carboxylic acids is 1. The van der Waals surface area contributed by atoms with Crippen molar-refractivity contribution in [3.05, 3.63) is 36.3 Å². The Bertz CT molecular complexity index is 938. The van der Waals surface area contributed by atoms with Crippen LogP contribution in [0, 0.1) is 11.8 Å². The van der Waals surface area contributed by atoms with Crippen LogP contribution < -0.4 is 4.74 Å². The number of carboxylic acid groups (broad SMARTS) is 1. The number of aromatic nitrogens is 5. The average Bonchev–Trinajstić information content (AvgIpc) is 3.29. The molecule has 0 spiro atoms. The molecule has 0 unspecified atom stereocenters. The zero-order valence-corrected chi connectivity index (χ0v) is 14.4. The second-order valence-corrected chi connectivity index (χ2v) is 6.61. The van der Waals surface area contributed by atoms with E-state index in [0.717, 1.165) is 24.3 Å². The summed E-state index contributed by atoms with van der Waals surface area (Å²) in [5.74, 6) is 0.827. The summed E-state index contributed by atoms with van der Waals surface area (Å²) in [6.45, 7) is 0. The minimum atomic E-state index is -0.703. The van der Waals surface area contributed by atoms with Crippen molar-refractivity contribution < 1.29 is 14.6 Å². The van der Waals surface area contributed by atoms with Crippen LogP contribution in [0.15, 0.2) is 30.5 Å². The van der Waals surface area contributed by atoms with Gasteiger partial charge in [0.05, 0.1) is 24.9 Å². The lowest BCUT2D eigenvalue weighted by Crippen LogP contribution is -2.11. The fraction of sp³-hybridized carbons (Fsp3) is 0.389. The summed E-state index contributed by atoms with van der Waals surface area (Å²) in [4.78, 5) is 20.1. The lowest BCUT2D eigenvalue weighted by atomic mass is 10.0. The molecule has 3 aromatic rings. The number of carbonyl (C=O) groups is 1. The standard InChI is InChI=1S/C18H19N5O3/c1-26-14-6-4-13(5-7-14)23-17-15(21-22-23)10-19-16(20-17)9-11-2-3-12(8-11)18(24)25/h4-7,10-12H,2-3,8-9H2,1H3,(H,24,25)/t11-,12+/m1/s1. The molecule has 0 aliphatic heterocycles. The van der Waals surface area contributed by atoms with Gasteiger partial charge in [0, 0.05) is 6.42 Å². The molecular formula is C18H19N5O3. The first-order chi connectivity index (χ1) is 12.6. The van der Waals surface area contributed by atoms with E-state index in [1.165, 1.54) is 0 Å². The van der Waals surface area contributed by atoms with Gasteiger partial charge in [0.1, 0.15) is 11.6 Å².